The second kappa shape index (κ2) is 8.08. The highest BCUT2D eigenvalue weighted by Crippen LogP contribution is 2.37. The average Bonchev–Trinajstić information content (AvgIpc) is 3.41. The molecule has 0 saturated heterocycles. The van der Waals surface area contributed by atoms with Gasteiger partial charge in [0, 0.05) is 11.6 Å². The van der Waals surface area contributed by atoms with Gasteiger partial charge >= 0.3 is 12.0 Å². The third-order valence-electron chi connectivity index (χ3n) is 5.44. The molecule has 3 heterocycles. The minimum absolute atomic E-state index is 0.0853. The zero-order chi connectivity index (χ0) is 22.2. The third-order valence-corrected chi connectivity index (χ3v) is 5.79. The number of carbonyl (C=O) groups is 3. The number of carbonyl (C=O) groups excluding carboxylic acids is 3. The van der Waals surface area contributed by atoms with Crippen LogP contribution in [0.25, 0.3) is 0 Å². The Morgan fingerprint density at radius 2 is 1.94 bits per heavy atom. The van der Waals surface area contributed by atoms with Crippen molar-refractivity contribution in [2.45, 2.75) is 12.6 Å². The lowest BCUT2D eigenvalue weighted by Gasteiger charge is -2.32. The topological polar surface area (TPSA) is 106 Å². The molecule has 0 bridgehead atoms. The smallest absolute Gasteiger partial charge is 0.338 e. The number of cyclic esters (lactones) is 1. The fourth-order valence-electron chi connectivity index (χ4n) is 3.87. The van der Waals surface area contributed by atoms with Crippen LogP contribution in [0.5, 0.6) is 11.5 Å². The third kappa shape index (κ3) is 3.60. The number of rotatable bonds is 5. The maximum atomic E-state index is 12.8. The molecule has 3 amide bonds. The van der Waals surface area contributed by atoms with E-state index in [4.69, 9.17) is 25.8 Å². The summed E-state index contributed by atoms with van der Waals surface area (Å²) < 4.78 is 15.8. The number of nitrogens with one attached hydrogen (secondary N) is 2. The van der Waals surface area contributed by atoms with E-state index in [1.165, 1.54) is 4.90 Å². The van der Waals surface area contributed by atoms with Crippen molar-refractivity contribution in [1.29, 1.82) is 0 Å². The highest BCUT2D eigenvalue weighted by atomic mass is 35.5. The van der Waals surface area contributed by atoms with E-state index in [9.17, 15) is 14.4 Å². The van der Waals surface area contributed by atoms with Gasteiger partial charge in [-0.25, -0.2) is 9.59 Å². The first-order chi connectivity index (χ1) is 15.5. The van der Waals surface area contributed by atoms with Crippen LogP contribution >= 0.6 is 11.6 Å². The second-order valence-electron chi connectivity index (χ2n) is 7.39. The Morgan fingerprint density at radius 3 is 2.78 bits per heavy atom. The SMILES string of the molecule is O=C(CN1C(=O)N[C@@H](c2ccccc2Cl)C2=C1COC2=O)NCc1ccc2c(c1)OCO2. The molecule has 0 radical (unpaired) electrons. The highest BCUT2D eigenvalue weighted by molar-refractivity contribution is 6.31. The number of halogens is 1. The molecule has 5 rings (SSSR count). The second-order valence-corrected chi connectivity index (χ2v) is 7.80. The molecule has 10 heteroatoms. The molecular formula is C22H18ClN3O6. The Kier molecular flexibility index (Phi) is 5.10. The largest absolute Gasteiger partial charge is 0.456 e. The van der Waals surface area contributed by atoms with Crippen LogP contribution in [-0.2, 0) is 20.9 Å². The molecule has 0 fully saturated rings. The maximum Gasteiger partial charge on any atom is 0.338 e. The van der Waals surface area contributed by atoms with E-state index in [1.54, 1.807) is 36.4 Å². The number of amides is 3. The van der Waals surface area contributed by atoms with Gasteiger partial charge in [0.15, 0.2) is 11.5 Å². The monoisotopic (exact) mass is 455 g/mol. The molecule has 0 aromatic heterocycles. The van der Waals surface area contributed by atoms with Gasteiger partial charge in [-0.05, 0) is 29.3 Å². The molecule has 3 aliphatic rings. The van der Waals surface area contributed by atoms with E-state index in [-0.39, 0.29) is 38.0 Å². The molecule has 0 aliphatic carbocycles. The number of urea groups is 1. The lowest BCUT2D eigenvalue weighted by Crippen LogP contribution is -2.50. The molecule has 0 spiro atoms. The lowest BCUT2D eigenvalue weighted by atomic mass is 9.95. The van der Waals surface area contributed by atoms with E-state index < -0.39 is 18.0 Å². The normalized spacial score (nSPS) is 18.9. The van der Waals surface area contributed by atoms with E-state index in [1.807, 2.05) is 6.07 Å². The van der Waals surface area contributed by atoms with Crippen LogP contribution in [0.1, 0.15) is 17.2 Å². The van der Waals surface area contributed by atoms with Crippen LogP contribution in [0.3, 0.4) is 0 Å². The summed E-state index contributed by atoms with van der Waals surface area (Å²) in [4.78, 5) is 39.1. The molecule has 9 nitrogen and oxygen atoms in total. The van der Waals surface area contributed by atoms with Gasteiger partial charge in [0.05, 0.1) is 17.3 Å². The quantitative estimate of drug-likeness (QED) is 0.670. The van der Waals surface area contributed by atoms with E-state index in [0.717, 1.165) is 5.56 Å². The summed E-state index contributed by atoms with van der Waals surface area (Å²) in [7, 11) is 0. The minimum atomic E-state index is -0.742. The van der Waals surface area contributed by atoms with Crippen molar-refractivity contribution in [2.75, 3.05) is 19.9 Å². The van der Waals surface area contributed by atoms with E-state index in [2.05, 4.69) is 10.6 Å². The van der Waals surface area contributed by atoms with Crippen molar-refractivity contribution in [3.8, 4) is 11.5 Å². The first kappa shape index (κ1) is 20.2. The molecule has 0 saturated carbocycles. The van der Waals surface area contributed by atoms with Crippen LogP contribution in [0.15, 0.2) is 53.7 Å². The molecule has 1 atom stereocenters. The van der Waals surface area contributed by atoms with Crippen molar-refractivity contribution in [3.05, 3.63) is 69.9 Å². The van der Waals surface area contributed by atoms with Crippen LogP contribution in [0.2, 0.25) is 5.02 Å². The number of esters is 1. The van der Waals surface area contributed by atoms with Gasteiger partial charge in [-0.3, -0.25) is 9.69 Å². The summed E-state index contributed by atoms with van der Waals surface area (Å²) in [5.74, 6) is 0.341. The van der Waals surface area contributed by atoms with Crippen molar-refractivity contribution in [2.24, 2.45) is 0 Å². The van der Waals surface area contributed by atoms with Gasteiger partial charge in [-0.15, -0.1) is 0 Å². The number of hydrogen-bond acceptors (Lipinski definition) is 6. The van der Waals surface area contributed by atoms with Crippen LogP contribution in [-0.4, -0.2) is 42.8 Å². The molecular weight excluding hydrogens is 438 g/mol. The molecule has 164 valence electrons. The van der Waals surface area contributed by atoms with Crippen molar-refractivity contribution in [3.63, 3.8) is 0 Å². The lowest BCUT2D eigenvalue weighted by molar-refractivity contribution is -0.136. The predicted molar refractivity (Wildman–Crippen MR) is 112 cm³/mol. The predicted octanol–water partition coefficient (Wildman–Crippen LogP) is 2.26. The summed E-state index contributed by atoms with van der Waals surface area (Å²) in [5, 5.41) is 5.96. The Morgan fingerprint density at radius 1 is 1.12 bits per heavy atom. The van der Waals surface area contributed by atoms with Gasteiger partial charge in [-0.2, -0.15) is 0 Å². The Hall–Kier alpha value is -3.72. The fourth-order valence-corrected chi connectivity index (χ4v) is 4.12. The summed E-state index contributed by atoms with van der Waals surface area (Å²) in [6.07, 6.45) is 0. The van der Waals surface area contributed by atoms with Gasteiger partial charge in [-0.1, -0.05) is 35.9 Å². The molecule has 32 heavy (non-hydrogen) atoms. The zero-order valence-electron chi connectivity index (χ0n) is 16.7. The Labute approximate surface area is 187 Å². The summed E-state index contributed by atoms with van der Waals surface area (Å²) >= 11 is 6.28. The summed E-state index contributed by atoms with van der Waals surface area (Å²) in [6.45, 7) is 0.0657. The number of fused-ring (bicyclic) bond motifs is 1. The molecule has 2 aromatic carbocycles. The molecule has 3 aliphatic heterocycles. The number of nitrogens with zero attached hydrogens (tertiary/aromatic N) is 1. The maximum absolute atomic E-state index is 12.8. The first-order valence-electron chi connectivity index (χ1n) is 9.89. The molecule has 0 unspecified atom stereocenters. The van der Waals surface area contributed by atoms with Gasteiger partial charge in [0.2, 0.25) is 12.7 Å². The number of hydrogen-bond donors (Lipinski definition) is 2. The van der Waals surface area contributed by atoms with Crippen molar-refractivity contribution < 1.29 is 28.6 Å². The van der Waals surface area contributed by atoms with Crippen LogP contribution in [0, 0.1) is 0 Å². The Bertz CT molecular complexity index is 1160. The van der Waals surface area contributed by atoms with Gasteiger partial charge in [0.25, 0.3) is 0 Å². The molecule has 2 N–H and O–H groups in total. The van der Waals surface area contributed by atoms with Gasteiger partial charge < -0.3 is 24.8 Å². The minimum Gasteiger partial charge on any atom is -0.456 e. The average molecular weight is 456 g/mol. The summed E-state index contributed by atoms with van der Waals surface area (Å²) in [5.41, 5.74) is 2.05. The van der Waals surface area contributed by atoms with Gasteiger partial charge in [0.1, 0.15) is 13.2 Å². The van der Waals surface area contributed by atoms with E-state index >= 15 is 0 Å². The number of benzene rings is 2. The van der Waals surface area contributed by atoms with Crippen molar-refractivity contribution >= 4 is 29.5 Å². The Balaban J connectivity index is 1.32. The zero-order valence-corrected chi connectivity index (χ0v) is 17.5. The van der Waals surface area contributed by atoms with Crippen LogP contribution in [0.4, 0.5) is 4.79 Å². The fraction of sp³-hybridized carbons (Fsp3) is 0.227. The summed E-state index contributed by atoms with van der Waals surface area (Å²) in [6, 6.07) is 11.1. The van der Waals surface area contributed by atoms with E-state index in [0.29, 0.717) is 27.8 Å². The highest BCUT2D eigenvalue weighted by Gasteiger charge is 2.43. The van der Waals surface area contributed by atoms with Crippen molar-refractivity contribution in [1.82, 2.24) is 15.5 Å². The number of ether oxygens (including phenoxy) is 3. The first-order valence-corrected chi connectivity index (χ1v) is 10.3. The van der Waals surface area contributed by atoms with Crippen LogP contribution < -0.4 is 20.1 Å². The molecule has 2 aromatic rings. The standard InChI is InChI=1S/C22H18ClN3O6/c23-14-4-2-1-3-13(14)20-19-15(10-30-21(19)28)26(22(29)25-20)9-18(27)24-8-12-5-6-16-17(7-12)32-11-31-16/h1-7,20H,8-11H2,(H,24,27)(H,25,29)/t20-/m0/s1.